The van der Waals surface area contributed by atoms with Crippen LogP contribution in [-0.4, -0.2) is 53.2 Å². The van der Waals surface area contributed by atoms with Crippen molar-refractivity contribution in [2.45, 2.75) is 26.9 Å². The van der Waals surface area contributed by atoms with Crippen molar-refractivity contribution < 1.29 is 28.2 Å². The molecule has 32 heavy (non-hydrogen) atoms. The summed E-state index contributed by atoms with van der Waals surface area (Å²) in [6.07, 6.45) is 1.19. The number of hydrogen-bond acceptors (Lipinski definition) is 5. The number of likely N-dealkylation sites (N-methyl/N-ethyl adjacent to an activating group) is 1. The molecule has 8 nitrogen and oxygen atoms in total. The molecule has 2 amide bonds. The summed E-state index contributed by atoms with van der Waals surface area (Å²) in [4.78, 5) is 38.5. The van der Waals surface area contributed by atoms with Crippen LogP contribution in [0, 0.1) is 11.6 Å². The molecule has 0 fully saturated rings. The molecule has 0 bridgehead atoms. The summed E-state index contributed by atoms with van der Waals surface area (Å²) in [5.74, 6) is -4.14. The van der Waals surface area contributed by atoms with Crippen molar-refractivity contribution in [2.24, 2.45) is 0 Å². The summed E-state index contributed by atoms with van der Waals surface area (Å²) < 4.78 is 33.0. The molecule has 0 unspecified atom stereocenters. The quantitative estimate of drug-likeness (QED) is 0.653. The van der Waals surface area contributed by atoms with Gasteiger partial charge in [0.05, 0.1) is 0 Å². The van der Waals surface area contributed by atoms with Crippen LogP contribution in [0.15, 0.2) is 23.1 Å². The minimum Gasteiger partial charge on any atom is -0.503 e. The van der Waals surface area contributed by atoms with Crippen LogP contribution in [0.5, 0.6) is 5.75 Å². The van der Waals surface area contributed by atoms with E-state index in [-0.39, 0.29) is 17.8 Å². The third-order valence-electron chi connectivity index (χ3n) is 4.83. The third kappa shape index (κ3) is 5.25. The lowest BCUT2D eigenvalue weighted by Crippen LogP contribution is -2.42. The maximum atomic E-state index is 13.9. The van der Waals surface area contributed by atoms with E-state index in [4.69, 9.17) is 11.6 Å². The number of fused-ring (bicyclic) bond motifs is 1. The molecule has 1 aliphatic heterocycles. The van der Waals surface area contributed by atoms with Crippen LogP contribution >= 0.6 is 11.6 Å². The monoisotopic (exact) mass is 471 g/mol. The Kier molecular flexibility index (Phi) is 8.73. The predicted octanol–water partition coefficient (Wildman–Crippen LogP) is 2.54. The zero-order chi connectivity index (χ0) is 24.0. The van der Waals surface area contributed by atoms with Gasteiger partial charge in [-0.3, -0.25) is 14.4 Å². The van der Waals surface area contributed by atoms with Gasteiger partial charge in [-0.25, -0.2) is 8.78 Å². The first-order chi connectivity index (χ1) is 15.2. The van der Waals surface area contributed by atoms with E-state index in [1.54, 1.807) is 14.0 Å². The van der Waals surface area contributed by atoms with Crippen LogP contribution in [0.3, 0.4) is 0 Å². The van der Waals surface area contributed by atoms with Crippen LogP contribution in [0.2, 0.25) is 5.02 Å². The highest BCUT2D eigenvalue weighted by Crippen LogP contribution is 2.22. The predicted molar refractivity (Wildman–Crippen MR) is 114 cm³/mol. The minimum atomic E-state index is -1.02. The van der Waals surface area contributed by atoms with Gasteiger partial charge in [0.1, 0.15) is 22.2 Å². The van der Waals surface area contributed by atoms with Gasteiger partial charge >= 0.3 is 0 Å². The average molecular weight is 472 g/mol. The van der Waals surface area contributed by atoms with Gasteiger partial charge < -0.3 is 24.6 Å². The number of aromatic nitrogens is 1. The number of nitrogens with one attached hydrogen (secondary N) is 1. The Morgan fingerprint density at radius 1 is 1.25 bits per heavy atom. The second-order valence-corrected chi connectivity index (χ2v) is 7.12. The van der Waals surface area contributed by atoms with E-state index in [1.807, 2.05) is 6.92 Å². The first kappa shape index (κ1) is 25.3. The molecule has 3 rings (SSSR count). The first-order valence-corrected chi connectivity index (χ1v) is 10.2. The van der Waals surface area contributed by atoms with Crippen molar-refractivity contribution in [2.75, 3.05) is 26.8 Å². The van der Waals surface area contributed by atoms with Gasteiger partial charge in [0.25, 0.3) is 11.8 Å². The van der Waals surface area contributed by atoms with Crippen molar-refractivity contribution >= 4 is 23.4 Å². The summed E-state index contributed by atoms with van der Waals surface area (Å²) in [5.41, 5.74) is -1.65. The van der Waals surface area contributed by atoms with Gasteiger partial charge in [0.2, 0.25) is 5.43 Å². The van der Waals surface area contributed by atoms with E-state index < -0.39 is 45.2 Å². The summed E-state index contributed by atoms with van der Waals surface area (Å²) >= 11 is 5.49. The largest absolute Gasteiger partial charge is 0.503 e. The Morgan fingerprint density at radius 3 is 2.50 bits per heavy atom. The van der Waals surface area contributed by atoms with Gasteiger partial charge in [-0.2, -0.15) is 0 Å². The number of carbonyl (C=O) groups is 2. The molecule has 0 aliphatic carbocycles. The molecule has 1 aromatic carbocycles. The fourth-order valence-electron chi connectivity index (χ4n) is 2.97. The number of benzene rings is 1. The Labute approximate surface area is 188 Å². The summed E-state index contributed by atoms with van der Waals surface area (Å²) in [7, 11) is 1.68. The molecule has 2 N–H and O–H groups in total. The average Bonchev–Trinajstić information content (AvgIpc) is 2.79. The number of halogens is 3. The van der Waals surface area contributed by atoms with Crippen LogP contribution in [0.25, 0.3) is 0 Å². The number of nitrogens with zero attached hydrogens (tertiary/aromatic N) is 2. The number of carbonyl (C=O) groups excluding carboxylic acids is 2. The molecule has 1 aliphatic rings. The number of aromatic hydroxyl groups is 1. The lowest BCUT2D eigenvalue weighted by molar-refractivity contribution is 0.0705. The third-order valence-corrected chi connectivity index (χ3v) is 5.17. The normalized spacial score (nSPS) is 12.7. The molecule has 0 saturated carbocycles. The van der Waals surface area contributed by atoms with Gasteiger partial charge in [-0.1, -0.05) is 17.7 Å². The van der Waals surface area contributed by atoms with E-state index >= 15 is 0 Å². The summed E-state index contributed by atoms with van der Waals surface area (Å²) in [5, 5.41) is 11.8. The molecular formula is C21H24ClF2N3O5. The lowest BCUT2D eigenvalue weighted by atomic mass is 10.1. The van der Waals surface area contributed by atoms with Gasteiger partial charge in [-0.05, 0) is 19.9 Å². The number of ether oxygens (including phenoxy) is 1. The minimum absolute atomic E-state index is 0.0733. The van der Waals surface area contributed by atoms with Crippen molar-refractivity contribution in [1.82, 2.24) is 14.8 Å². The standard InChI is InChI=1S/C18H16ClF2N3O4.C3H8O/c1-2-23-5-6-24-8-10(15(25)16(26)14(24)18(23)28)17(27)22-7-9-3-4-11(20)12(19)13(9)21;1-3-4-2/h3-4,8,26H,2,5-7H2,1H3,(H,22,27);3H2,1-2H3. The van der Waals surface area contributed by atoms with Gasteiger partial charge in [-0.15, -0.1) is 0 Å². The van der Waals surface area contributed by atoms with Gasteiger partial charge in [0, 0.05) is 51.7 Å². The maximum absolute atomic E-state index is 13.9. The second-order valence-electron chi connectivity index (χ2n) is 6.74. The van der Waals surface area contributed by atoms with Crippen molar-refractivity contribution in [3.05, 3.63) is 62.0 Å². The molecule has 174 valence electrons. The van der Waals surface area contributed by atoms with Crippen LogP contribution in [0.4, 0.5) is 8.78 Å². The van der Waals surface area contributed by atoms with E-state index in [2.05, 4.69) is 10.1 Å². The van der Waals surface area contributed by atoms with Crippen LogP contribution in [-0.2, 0) is 17.8 Å². The highest BCUT2D eigenvalue weighted by molar-refractivity contribution is 6.30. The molecule has 2 heterocycles. The molecule has 1 aromatic heterocycles. The van der Waals surface area contributed by atoms with E-state index in [0.717, 1.165) is 18.7 Å². The van der Waals surface area contributed by atoms with E-state index in [9.17, 15) is 28.3 Å². The number of methoxy groups -OCH3 is 1. The zero-order valence-electron chi connectivity index (χ0n) is 17.9. The fraction of sp³-hybridized carbons (Fsp3) is 0.381. The zero-order valence-corrected chi connectivity index (χ0v) is 18.6. The van der Waals surface area contributed by atoms with Crippen molar-refractivity contribution in [3.63, 3.8) is 0 Å². The number of hydrogen-bond donors (Lipinski definition) is 2. The van der Waals surface area contributed by atoms with Crippen molar-refractivity contribution in [1.29, 1.82) is 0 Å². The number of amides is 2. The fourth-order valence-corrected chi connectivity index (χ4v) is 3.15. The summed E-state index contributed by atoms with van der Waals surface area (Å²) in [6, 6.07) is 2.07. The maximum Gasteiger partial charge on any atom is 0.274 e. The molecule has 0 radical (unpaired) electrons. The first-order valence-electron chi connectivity index (χ1n) is 9.82. The lowest BCUT2D eigenvalue weighted by Gasteiger charge is -2.29. The molecule has 0 saturated heterocycles. The van der Waals surface area contributed by atoms with Crippen LogP contribution in [0.1, 0.15) is 40.3 Å². The second kappa shape index (κ2) is 11.1. The van der Waals surface area contributed by atoms with E-state index in [1.165, 1.54) is 15.7 Å². The van der Waals surface area contributed by atoms with Crippen molar-refractivity contribution in [3.8, 4) is 5.75 Å². The highest BCUT2D eigenvalue weighted by atomic mass is 35.5. The number of pyridine rings is 1. The summed E-state index contributed by atoms with van der Waals surface area (Å²) in [6.45, 7) is 5.28. The molecule has 0 spiro atoms. The van der Waals surface area contributed by atoms with Crippen LogP contribution < -0.4 is 10.7 Å². The molecule has 2 aromatic rings. The molecule has 11 heteroatoms. The Balaban J connectivity index is 0.000000837. The molecule has 0 atom stereocenters. The Hall–Kier alpha value is -2.98. The topological polar surface area (TPSA) is 101 Å². The molecular weight excluding hydrogens is 448 g/mol. The SMILES string of the molecule is CCN1CCn2cc(C(=O)NCc3ccc(F)c(Cl)c3F)c(=O)c(O)c2C1=O.CCOC. The smallest absolute Gasteiger partial charge is 0.274 e. The van der Waals surface area contributed by atoms with Gasteiger partial charge in [0.15, 0.2) is 11.4 Å². The van der Waals surface area contributed by atoms with E-state index in [0.29, 0.717) is 19.6 Å². The Morgan fingerprint density at radius 2 is 1.91 bits per heavy atom. The Bertz CT molecular complexity index is 1070. The number of rotatable bonds is 5. The highest BCUT2D eigenvalue weighted by Gasteiger charge is 2.30.